The Kier molecular flexibility index (Phi) is 3.48. The van der Waals surface area contributed by atoms with Crippen LogP contribution in [0.15, 0.2) is 42.9 Å². The molecule has 0 bridgehead atoms. The fourth-order valence-electron chi connectivity index (χ4n) is 3.37. The number of nitrogens with one attached hydrogen (secondary N) is 1. The monoisotopic (exact) mass is 309 g/mol. The standard InChI is InChI=1S/C17H19N5O/c18-16-15-14(11-4-2-1-3-5-11)8-22(17(15)21-10-20-16)13-6-12(9-23)19-7-13/h1-5,8,10,12-13,19,23H,6-7,9H2,(H2,18,20,21)/t12-,13-/m1/s1. The lowest BCUT2D eigenvalue weighted by Gasteiger charge is -2.12. The molecule has 3 aromatic rings. The molecule has 3 heterocycles. The van der Waals surface area contributed by atoms with Crippen LogP contribution in [0.4, 0.5) is 5.82 Å². The Hall–Kier alpha value is -2.44. The van der Waals surface area contributed by atoms with E-state index < -0.39 is 0 Å². The first kappa shape index (κ1) is 14.2. The SMILES string of the molecule is Nc1ncnc2c1c(-c1ccccc1)cn2[C@H]1CN[C@@H](CO)C1. The van der Waals surface area contributed by atoms with Crippen LogP contribution in [0.1, 0.15) is 12.5 Å². The number of nitrogen functional groups attached to an aromatic ring is 1. The second-order valence-corrected chi connectivity index (χ2v) is 5.95. The van der Waals surface area contributed by atoms with Crippen LogP contribution in [-0.4, -0.2) is 38.8 Å². The number of fused-ring (bicyclic) bond motifs is 1. The molecule has 1 aliphatic heterocycles. The number of aromatic nitrogens is 3. The molecule has 0 aliphatic carbocycles. The third-order valence-electron chi connectivity index (χ3n) is 4.54. The van der Waals surface area contributed by atoms with Gasteiger partial charge in [0.1, 0.15) is 17.8 Å². The van der Waals surface area contributed by atoms with Gasteiger partial charge in [-0.3, -0.25) is 0 Å². The summed E-state index contributed by atoms with van der Waals surface area (Å²) < 4.78 is 2.17. The topological polar surface area (TPSA) is 89.0 Å². The molecule has 1 saturated heterocycles. The zero-order chi connectivity index (χ0) is 15.8. The second-order valence-electron chi connectivity index (χ2n) is 5.95. The summed E-state index contributed by atoms with van der Waals surface area (Å²) in [7, 11) is 0. The van der Waals surface area contributed by atoms with Crippen molar-refractivity contribution in [3.8, 4) is 11.1 Å². The fourth-order valence-corrected chi connectivity index (χ4v) is 3.37. The van der Waals surface area contributed by atoms with Gasteiger partial charge in [-0.05, 0) is 12.0 Å². The largest absolute Gasteiger partial charge is 0.395 e. The molecular formula is C17H19N5O. The predicted octanol–water partition coefficient (Wildman–Crippen LogP) is 1.58. The third kappa shape index (κ3) is 2.36. The lowest BCUT2D eigenvalue weighted by molar-refractivity contribution is 0.253. The highest BCUT2D eigenvalue weighted by Gasteiger charge is 2.27. The van der Waals surface area contributed by atoms with E-state index in [2.05, 4.69) is 38.2 Å². The molecule has 0 saturated carbocycles. The van der Waals surface area contributed by atoms with Crippen molar-refractivity contribution >= 4 is 16.9 Å². The van der Waals surface area contributed by atoms with Gasteiger partial charge in [-0.15, -0.1) is 0 Å². The minimum atomic E-state index is 0.136. The van der Waals surface area contributed by atoms with Crippen LogP contribution in [0.3, 0.4) is 0 Å². The quantitative estimate of drug-likeness (QED) is 0.683. The molecule has 1 fully saturated rings. The molecule has 0 radical (unpaired) electrons. The summed E-state index contributed by atoms with van der Waals surface area (Å²) in [6.07, 6.45) is 4.49. The molecule has 1 aliphatic rings. The predicted molar refractivity (Wildman–Crippen MR) is 89.9 cm³/mol. The normalized spacial score (nSPS) is 21.1. The van der Waals surface area contributed by atoms with Gasteiger partial charge in [0.05, 0.1) is 12.0 Å². The van der Waals surface area contributed by atoms with Crippen LogP contribution in [0, 0.1) is 0 Å². The van der Waals surface area contributed by atoms with Crippen molar-refractivity contribution in [3.63, 3.8) is 0 Å². The Balaban J connectivity index is 1.88. The summed E-state index contributed by atoms with van der Waals surface area (Å²) in [6, 6.07) is 10.5. The highest BCUT2D eigenvalue weighted by Crippen LogP contribution is 2.35. The van der Waals surface area contributed by atoms with Crippen LogP contribution in [-0.2, 0) is 0 Å². The molecule has 4 N–H and O–H groups in total. The van der Waals surface area contributed by atoms with Gasteiger partial charge < -0.3 is 20.7 Å². The van der Waals surface area contributed by atoms with Gasteiger partial charge in [0.25, 0.3) is 0 Å². The fraction of sp³-hybridized carbons (Fsp3) is 0.294. The van der Waals surface area contributed by atoms with Crippen molar-refractivity contribution in [2.45, 2.75) is 18.5 Å². The summed E-state index contributed by atoms with van der Waals surface area (Å²) >= 11 is 0. The number of hydrogen-bond donors (Lipinski definition) is 3. The Morgan fingerprint density at radius 1 is 1.26 bits per heavy atom. The van der Waals surface area contributed by atoms with Gasteiger partial charge in [0, 0.05) is 30.4 Å². The maximum atomic E-state index is 9.35. The number of aliphatic hydroxyl groups excluding tert-OH is 1. The average Bonchev–Trinajstić information content (AvgIpc) is 3.20. The number of anilines is 1. The number of hydrogen-bond acceptors (Lipinski definition) is 5. The number of benzene rings is 1. The molecule has 0 spiro atoms. The zero-order valence-corrected chi connectivity index (χ0v) is 12.7. The van der Waals surface area contributed by atoms with E-state index in [4.69, 9.17) is 5.73 Å². The lowest BCUT2D eigenvalue weighted by Crippen LogP contribution is -2.24. The van der Waals surface area contributed by atoms with E-state index in [1.54, 1.807) is 0 Å². The Morgan fingerprint density at radius 3 is 2.83 bits per heavy atom. The third-order valence-corrected chi connectivity index (χ3v) is 4.54. The van der Waals surface area contributed by atoms with Gasteiger partial charge >= 0.3 is 0 Å². The molecule has 23 heavy (non-hydrogen) atoms. The minimum absolute atomic E-state index is 0.136. The maximum Gasteiger partial charge on any atom is 0.146 e. The molecule has 0 unspecified atom stereocenters. The van der Waals surface area contributed by atoms with Crippen molar-refractivity contribution in [2.75, 3.05) is 18.9 Å². The summed E-state index contributed by atoms with van der Waals surface area (Å²) in [5.41, 5.74) is 9.14. The zero-order valence-electron chi connectivity index (χ0n) is 12.7. The maximum absolute atomic E-state index is 9.35. The molecule has 6 nitrogen and oxygen atoms in total. The van der Waals surface area contributed by atoms with E-state index in [9.17, 15) is 5.11 Å². The smallest absolute Gasteiger partial charge is 0.146 e. The Labute approximate surface area is 134 Å². The Morgan fingerprint density at radius 2 is 2.09 bits per heavy atom. The minimum Gasteiger partial charge on any atom is -0.395 e. The van der Waals surface area contributed by atoms with Gasteiger partial charge in [-0.25, -0.2) is 9.97 Å². The summed E-state index contributed by atoms with van der Waals surface area (Å²) in [4.78, 5) is 8.63. The molecule has 2 aromatic heterocycles. The van der Waals surface area contributed by atoms with Crippen LogP contribution in [0.5, 0.6) is 0 Å². The number of rotatable bonds is 3. The van der Waals surface area contributed by atoms with E-state index >= 15 is 0 Å². The molecule has 118 valence electrons. The van der Waals surface area contributed by atoms with Gasteiger partial charge in [-0.2, -0.15) is 0 Å². The van der Waals surface area contributed by atoms with Gasteiger partial charge in [0.2, 0.25) is 0 Å². The second kappa shape index (κ2) is 5.64. The van der Waals surface area contributed by atoms with Crippen LogP contribution in [0.2, 0.25) is 0 Å². The lowest BCUT2D eigenvalue weighted by atomic mass is 10.1. The van der Waals surface area contributed by atoms with E-state index in [0.717, 1.165) is 35.1 Å². The van der Waals surface area contributed by atoms with Crippen molar-refractivity contribution in [2.24, 2.45) is 0 Å². The van der Waals surface area contributed by atoms with E-state index in [0.29, 0.717) is 5.82 Å². The van der Waals surface area contributed by atoms with Crippen molar-refractivity contribution in [1.82, 2.24) is 19.9 Å². The summed E-state index contributed by atoms with van der Waals surface area (Å²) in [5.74, 6) is 0.497. The van der Waals surface area contributed by atoms with Crippen molar-refractivity contribution < 1.29 is 5.11 Å². The molecule has 1 aromatic carbocycles. The molecule has 2 atom stereocenters. The first-order valence-corrected chi connectivity index (χ1v) is 7.78. The van der Waals surface area contributed by atoms with E-state index in [1.165, 1.54) is 6.33 Å². The van der Waals surface area contributed by atoms with Crippen LogP contribution < -0.4 is 11.1 Å². The van der Waals surface area contributed by atoms with Crippen molar-refractivity contribution in [3.05, 3.63) is 42.9 Å². The first-order chi connectivity index (χ1) is 11.3. The van der Waals surface area contributed by atoms with E-state index in [1.807, 2.05) is 18.2 Å². The summed E-state index contributed by atoms with van der Waals surface area (Å²) in [6.45, 7) is 0.964. The van der Waals surface area contributed by atoms with Gasteiger partial charge in [-0.1, -0.05) is 30.3 Å². The molecular weight excluding hydrogens is 290 g/mol. The first-order valence-electron chi connectivity index (χ1n) is 7.78. The van der Waals surface area contributed by atoms with Crippen LogP contribution >= 0.6 is 0 Å². The molecule has 6 heteroatoms. The average molecular weight is 309 g/mol. The molecule has 4 rings (SSSR count). The number of nitrogens with zero attached hydrogens (tertiary/aromatic N) is 3. The number of aliphatic hydroxyl groups is 1. The highest BCUT2D eigenvalue weighted by molar-refractivity contribution is 6.00. The van der Waals surface area contributed by atoms with Gasteiger partial charge in [0.15, 0.2) is 0 Å². The van der Waals surface area contributed by atoms with E-state index in [-0.39, 0.29) is 18.7 Å². The Bertz CT molecular complexity index is 830. The summed E-state index contributed by atoms with van der Waals surface area (Å²) in [5, 5.41) is 13.6. The molecule has 0 amide bonds. The van der Waals surface area contributed by atoms with Crippen molar-refractivity contribution in [1.29, 1.82) is 0 Å². The highest BCUT2D eigenvalue weighted by atomic mass is 16.3. The van der Waals surface area contributed by atoms with Crippen LogP contribution in [0.25, 0.3) is 22.2 Å². The number of nitrogens with two attached hydrogens (primary N) is 1.